The van der Waals surface area contributed by atoms with Crippen molar-refractivity contribution < 1.29 is 13.9 Å². The highest BCUT2D eigenvalue weighted by Crippen LogP contribution is 2.35. The third kappa shape index (κ3) is 3.07. The minimum Gasteiger partial charge on any atom is -0.464 e. The SMILES string of the molecule is CCOC(=O)c1c(-c2ccc(-c3cccc4ccoc34)cc2)c(C#N)c(CC)n1C. The standard InChI is InChI=1S/C25H22N2O3/c1-4-21-20(15-26)22(23(27(21)3)25(28)29-5-2)17-11-9-16(10-12-17)19-8-6-7-18-13-14-30-24(18)19/h6-14H,4-5H2,1-3H3. The second kappa shape index (κ2) is 7.92. The molecule has 2 heterocycles. The van der Waals surface area contributed by atoms with E-state index in [0.717, 1.165) is 33.4 Å². The van der Waals surface area contributed by atoms with Crippen LogP contribution in [-0.4, -0.2) is 17.1 Å². The molecule has 4 rings (SSSR count). The van der Waals surface area contributed by atoms with Crippen LogP contribution in [0.5, 0.6) is 0 Å². The number of carbonyl (C=O) groups excluding carboxylic acids is 1. The van der Waals surface area contributed by atoms with E-state index in [2.05, 4.69) is 6.07 Å². The molecule has 0 N–H and O–H groups in total. The summed E-state index contributed by atoms with van der Waals surface area (Å²) in [6.45, 7) is 4.03. The van der Waals surface area contributed by atoms with Crippen LogP contribution < -0.4 is 0 Å². The number of furan rings is 1. The summed E-state index contributed by atoms with van der Waals surface area (Å²) in [5, 5.41) is 10.9. The van der Waals surface area contributed by atoms with Gasteiger partial charge in [0.15, 0.2) is 0 Å². The first-order chi connectivity index (χ1) is 14.6. The molecule has 2 aromatic carbocycles. The van der Waals surface area contributed by atoms with E-state index in [4.69, 9.17) is 9.15 Å². The Kier molecular flexibility index (Phi) is 5.16. The predicted molar refractivity (Wildman–Crippen MR) is 116 cm³/mol. The molecule has 150 valence electrons. The number of ether oxygens (including phenoxy) is 1. The lowest BCUT2D eigenvalue weighted by atomic mass is 9.96. The van der Waals surface area contributed by atoms with Crippen LogP contribution >= 0.6 is 0 Å². The Bertz CT molecular complexity index is 1270. The molecule has 30 heavy (non-hydrogen) atoms. The fourth-order valence-corrected chi connectivity index (χ4v) is 4.02. The predicted octanol–water partition coefficient (Wildman–Crippen LogP) is 5.72. The molecule has 0 aliphatic heterocycles. The molecule has 0 spiro atoms. The fourth-order valence-electron chi connectivity index (χ4n) is 4.02. The second-order valence-corrected chi connectivity index (χ2v) is 7.01. The molecule has 0 bridgehead atoms. The van der Waals surface area contributed by atoms with Crippen LogP contribution in [0, 0.1) is 11.3 Å². The zero-order valence-electron chi connectivity index (χ0n) is 17.2. The molecule has 5 heteroatoms. The average molecular weight is 398 g/mol. The van der Waals surface area contributed by atoms with Crippen LogP contribution in [0.15, 0.2) is 59.2 Å². The molecule has 0 saturated carbocycles. The van der Waals surface area contributed by atoms with E-state index in [0.29, 0.717) is 23.2 Å². The van der Waals surface area contributed by atoms with E-state index in [1.54, 1.807) is 24.8 Å². The Morgan fingerprint density at radius 3 is 2.50 bits per heavy atom. The first-order valence-electron chi connectivity index (χ1n) is 9.96. The lowest BCUT2D eigenvalue weighted by Crippen LogP contribution is -2.12. The van der Waals surface area contributed by atoms with Crippen molar-refractivity contribution >= 4 is 16.9 Å². The van der Waals surface area contributed by atoms with Crippen molar-refractivity contribution in [2.75, 3.05) is 6.61 Å². The maximum Gasteiger partial charge on any atom is 0.355 e. The van der Waals surface area contributed by atoms with Gasteiger partial charge in [-0.15, -0.1) is 0 Å². The Hall–Kier alpha value is -3.78. The molecular weight excluding hydrogens is 376 g/mol. The van der Waals surface area contributed by atoms with Gasteiger partial charge >= 0.3 is 5.97 Å². The monoisotopic (exact) mass is 398 g/mol. The Morgan fingerprint density at radius 1 is 1.10 bits per heavy atom. The maximum atomic E-state index is 12.7. The highest BCUT2D eigenvalue weighted by molar-refractivity contribution is 5.99. The number of hydrogen-bond donors (Lipinski definition) is 0. The molecule has 2 aromatic heterocycles. The van der Waals surface area contributed by atoms with Gasteiger partial charge in [-0.2, -0.15) is 5.26 Å². The lowest BCUT2D eigenvalue weighted by Gasteiger charge is -2.09. The van der Waals surface area contributed by atoms with Gasteiger partial charge < -0.3 is 13.7 Å². The van der Waals surface area contributed by atoms with Crippen molar-refractivity contribution in [3.05, 3.63) is 71.7 Å². The molecule has 5 nitrogen and oxygen atoms in total. The van der Waals surface area contributed by atoms with Gasteiger partial charge in [-0.3, -0.25) is 0 Å². The summed E-state index contributed by atoms with van der Waals surface area (Å²) >= 11 is 0. The first-order valence-corrected chi connectivity index (χ1v) is 9.96. The van der Waals surface area contributed by atoms with Gasteiger partial charge in [0, 0.05) is 29.3 Å². The zero-order chi connectivity index (χ0) is 21.3. The summed E-state index contributed by atoms with van der Waals surface area (Å²) in [5.41, 5.74) is 6.01. The lowest BCUT2D eigenvalue weighted by molar-refractivity contribution is 0.0516. The third-order valence-electron chi connectivity index (χ3n) is 5.39. The first kappa shape index (κ1) is 19.5. The summed E-state index contributed by atoms with van der Waals surface area (Å²) in [5.74, 6) is -0.421. The third-order valence-corrected chi connectivity index (χ3v) is 5.39. The summed E-state index contributed by atoms with van der Waals surface area (Å²) in [6, 6.07) is 18.1. The summed E-state index contributed by atoms with van der Waals surface area (Å²) < 4.78 is 12.7. The van der Waals surface area contributed by atoms with Crippen LogP contribution in [0.4, 0.5) is 0 Å². The highest BCUT2D eigenvalue weighted by atomic mass is 16.5. The van der Waals surface area contributed by atoms with Crippen LogP contribution in [0.25, 0.3) is 33.2 Å². The molecule has 4 aromatic rings. The number of rotatable bonds is 5. The number of esters is 1. The molecule has 0 aliphatic rings. The Labute approximate surface area is 175 Å². The summed E-state index contributed by atoms with van der Waals surface area (Å²) in [4.78, 5) is 12.7. The molecule has 0 saturated heterocycles. The number of benzene rings is 2. The number of aromatic nitrogens is 1. The zero-order valence-corrected chi connectivity index (χ0v) is 17.2. The van der Waals surface area contributed by atoms with Gasteiger partial charge in [0.2, 0.25) is 0 Å². The second-order valence-electron chi connectivity index (χ2n) is 7.01. The highest BCUT2D eigenvalue weighted by Gasteiger charge is 2.26. The largest absolute Gasteiger partial charge is 0.464 e. The van der Waals surface area contributed by atoms with E-state index in [1.807, 2.05) is 55.5 Å². The minimum atomic E-state index is -0.421. The van der Waals surface area contributed by atoms with Crippen molar-refractivity contribution in [1.82, 2.24) is 4.57 Å². The van der Waals surface area contributed by atoms with Crippen LogP contribution in [0.1, 0.15) is 35.6 Å². The number of para-hydroxylation sites is 1. The maximum absolute atomic E-state index is 12.7. The Morgan fingerprint density at radius 2 is 1.83 bits per heavy atom. The number of hydrogen-bond acceptors (Lipinski definition) is 4. The fraction of sp³-hybridized carbons (Fsp3) is 0.200. The molecule has 0 aliphatic carbocycles. The molecule has 0 atom stereocenters. The van der Waals surface area contributed by atoms with Gasteiger partial charge in [-0.05, 0) is 30.5 Å². The van der Waals surface area contributed by atoms with Crippen molar-refractivity contribution in [3.8, 4) is 28.3 Å². The van der Waals surface area contributed by atoms with Crippen molar-refractivity contribution in [2.45, 2.75) is 20.3 Å². The van der Waals surface area contributed by atoms with Gasteiger partial charge in [-0.25, -0.2) is 4.79 Å². The van der Waals surface area contributed by atoms with Crippen molar-refractivity contribution in [1.29, 1.82) is 5.26 Å². The van der Waals surface area contributed by atoms with E-state index >= 15 is 0 Å². The van der Waals surface area contributed by atoms with E-state index in [9.17, 15) is 10.1 Å². The van der Waals surface area contributed by atoms with Gasteiger partial charge in [0.1, 0.15) is 17.3 Å². The molecule has 0 fully saturated rings. The number of carbonyl (C=O) groups is 1. The van der Waals surface area contributed by atoms with Crippen LogP contribution in [-0.2, 0) is 18.2 Å². The van der Waals surface area contributed by atoms with Crippen molar-refractivity contribution in [2.24, 2.45) is 7.05 Å². The number of fused-ring (bicyclic) bond motifs is 1. The molecule has 0 radical (unpaired) electrons. The van der Waals surface area contributed by atoms with E-state index in [-0.39, 0.29) is 6.61 Å². The number of nitrogens with zero attached hydrogens (tertiary/aromatic N) is 2. The van der Waals surface area contributed by atoms with Gasteiger partial charge in [0.05, 0.1) is 18.4 Å². The van der Waals surface area contributed by atoms with Crippen LogP contribution in [0.2, 0.25) is 0 Å². The quantitative estimate of drug-likeness (QED) is 0.403. The summed E-state index contributed by atoms with van der Waals surface area (Å²) in [6.07, 6.45) is 2.33. The molecular formula is C25H22N2O3. The number of nitriles is 1. The van der Waals surface area contributed by atoms with Gasteiger partial charge in [-0.1, -0.05) is 49.4 Å². The van der Waals surface area contributed by atoms with Crippen molar-refractivity contribution in [3.63, 3.8) is 0 Å². The van der Waals surface area contributed by atoms with Crippen LogP contribution in [0.3, 0.4) is 0 Å². The van der Waals surface area contributed by atoms with Gasteiger partial charge in [0.25, 0.3) is 0 Å². The topological polar surface area (TPSA) is 68.2 Å². The average Bonchev–Trinajstić information content (AvgIpc) is 3.35. The Balaban J connectivity index is 1.86. The molecule has 0 unspecified atom stereocenters. The minimum absolute atomic E-state index is 0.277. The van der Waals surface area contributed by atoms with E-state index < -0.39 is 5.97 Å². The van der Waals surface area contributed by atoms with E-state index in [1.165, 1.54) is 0 Å². The normalized spacial score (nSPS) is 10.9. The summed E-state index contributed by atoms with van der Waals surface area (Å²) in [7, 11) is 1.81. The smallest absolute Gasteiger partial charge is 0.355 e. The molecule has 0 amide bonds.